The molecule has 0 radical (unpaired) electrons. The zero-order chi connectivity index (χ0) is 15.5. The van der Waals surface area contributed by atoms with Crippen LogP contribution < -0.4 is 10.0 Å². The maximum Gasteiger partial charge on any atom is 0.241 e. The van der Waals surface area contributed by atoms with Gasteiger partial charge in [-0.3, -0.25) is 0 Å². The number of likely N-dealkylation sites (tertiary alicyclic amines) is 1. The lowest BCUT2D eigenvalue weighted by molar-refractivity contribution is 0.265. The lowest BCUT2D eigenvalue weighted by Crippen LogP contribution is -2.32. The summed E-state index contributed by atoms with van der Waals surface area (Å²) in [5.41, 5.74) is 0. The highest BCUT2D eigenvalue weighted by molar-refractivity contribution is 7.89. The first-order valence-electron chi connectivity index (χ1n) is 7.38. The maximum absolute atomic E-state index is 12.3. The minimum atomic E-state index is -3.37. The van der Waals surface area contributed by atoms with E-state index in [2.05, 4.69) is 28.8 Å². The second-order valence-electron chi connectivity index (χ2n) is 5.87. The van der Waals surface area contributed by atoms with Crippen LogP contribution in [-0.4, -0.2) is 46.0 Å². The molecule has 7 heteroatoms. The lowest BCUT2D eigenvalue weighted by Gasteiger charge is -2.20. The van der Waals surface area contributed by atoms with Gasteiger partial charge in [0, 0.05) is 35.9 Å². The summed E-state index contributed by atoms with van der Waals surface area (Å²) in [5.74, 6) is 0.414. The summed E-state index contributed by atoms with van der Waals surface area (Å²) in [7, 11) is -1.51. The molecule has 120 valence electrons. The molecular formula is C14H25N3O2S2. The van der Waals surface area contributed by atoms with Gasteiger partial charge in [-0.1, -0.05) is 0 Å². The van der Waals surface area contributed by atoms with Gasteiger partial charge in [0.15, 0.2) is 0 Å². The van der Waals surface area contributed by atoms with Crippen LogP contribution in [0.15, 0.2) is 16.3 Å². The second kappa shape index (κ2) is 7.19. The van der Waals surface area contributed by atoms with Crippen molar-refractivity contribution in [2.75, 3.05) is 26.7 Å². The molecule has 1 aromatic heterocycles. The van der Waals surface area contributed by atoms with Crippen LogP contribution in [-0.2, 0) is 16.6 Å². The second-order valence-corrected chi connectivity index (χ2v) is 8.64. The number of nitrogens with zero attached hydrogens (tertiary/aromatic N) is 1. The van der Waals surface area contributed by atoms with Gasteiger partial charge in [0.05, 0.1) is 4.90 Å². The van der Waals surface area contributed by atoms with Crippen molar-refractivity contribution in [1.29, 1.82) is 0 Å². The lowest BCUT2D eigenvalue weighted by atomic mass is 10.1. The van der Waals surface area contributed by atoms with E-state index in [-0.39, 0.29) is 0 Å². The fourth-order valence-electron chi connectivity index (χ4n) is 2.58. The molecule has 1 saturated heterocycles. The summed E-state index contributed by atoms with van der Waals surface area (Å²) in [6, 6.07) is 2.28. The van der Waals surface area contributed by atoms with E-state index in [4.69, 9.17) is 0 Å². The van der Waals surface area contributed by atoms with E-state index in [1.807, 2.05) is 7.05 Å². The van der Waals surface area contributed by atoms with E-state index < -0.39 is 10.0 Å². The largest absolute Gasteiger partial charge is 0.315 e. The van der Waals surface area contributed by atoms with Crippen molar-refractivity contribution in [3.63, 3.8) is 0 Å². The Morgan fingerprint density at radius 3 is 2.86 bits per heavy atom. The number of rotatable bonds is 7. The molecule has 1 aliphatic heterocycles. The molecule has 2 heterocycles. The zero-order valence-electron chi connectivity index (χ0n) is 12.9. The molecule has 0 aromatic carbocycles. The Kier molecular flexibility index (Phi) is 5.79. The van der Waals surface area contributed by atoms with Crippen molar-refractivity contribution in [3.05, 3.63) is 16.3 Å². The SMILES string of the molecule is CNCc1cc(S(=O)(=O)NCC2CCN(C(C)C)C2)cs1. The van der Waals surface area contributed by atoms with Crippen molar-refractivity contribution in [2.45, 2.75) is 37.8 Å². The number of hydrogen-bond donors (Lipinski definition) is 2. The summed E-state index contributed by atoms with van der Waals surface area (Å²) in [4.78, 5) is 3.82. The van der Waals surface area contributed by atoms with Gasteiger partial charge in [0.1, 0.15) is 0 Å². The van der Waals surface area contributed by atoms with E-state index in [1.165, 1.54) is 11.3 Å². The van der Waals surface area contributed by atoms with E-state index in [9.17, 15) is 8.42 Å². The molecule has 1 aromatic rings. The Morgan fingerprint density at radius 2 is 2.24 bits per heavy atom. The van der Waals surface area contributed by atoms with Gasteiger partial charge in [-0.2, -0.15) is 0 Å². The molecule has 2 rings (SSSR count). The first-order chi connectivity index (χ1) is 9.92. The highest BCUT2D eigenvalue weighted by Crippen LogP contribution is 2.21. The van der Waals surface area contributed by atoms with Crippen LogP contribution in [0.2, 0.25) is 0 Å². The molecule has 1 atom stereocenters. The Morgan fingerprint density at radius 1 is 1.48 bits per heavy atom. The molecule has 0 aliphatic carbocycles. The Balaban J connectivity index is 1.89. The van der Waals surface area contributed by atoms with Gasteiger partial charge in [-0.05, 0) is 45.8 Å². The minimum absolute atomic E-state index is 0.386. The zero-order valence-corrected chi connectivity index (χ0v) is 14.6. The summed E-state index contributed by atoms with van der Waals surface area (Å²) < 4.78 is 27.3. The van der Waals surface area contributed by atoms with Crippen molar-refractivity contribution in [2.24, 2.45) is 5.92 Å². The van der Waals surface area contributed by atoms with Crippen LogP contribution in [0.5, 0.6) is 0 Å². The third-order valence-corrected chi connectivity index (χ3v) is 6.39. The molecule has 0 saturated carbocycles. The molecule has 0 amide bonds. The number of thiophene rings is 1. The quantitative estimate of drug-likeness (QED) is 0.794. The fraction of sp³-hybridized carbons (Fsp3) is 0.714. The summed E-state index contributed by atoms with van der Waals surface area (Å²) >= 11 is 1.47. The molecule has 5 nitrogen and oxygen atoms in total. The molecule has 0 spiro atoms. The van der Waals surface area contributed by atoms with Gasteiger partial charge >= 0.3 is 0 Å². The normalized spacial score (nSPS) is 20.5. The van der Waals surface area contributed by atoms with E-state index >= 15 is 0 Å². The molecular weight excluding hydrogens is 306 g/mol. The Labute approximate surface area is 131 Å². The van der Waals surface area contributed by atoms with Crippen LogP contribution in [0, 0.1) is 5.92 Å². The van der Waals surface area contributed by atoms with Gasteiger partial charge in [-0.15, -0.1) is 11.3 Å². The Hall–Kier alpha value is -0.470. The summed E-state index contributed by atoms with van der Waals surface area (Å²) in [6.45, 7) is 7.64. The summed E-state index contributed by atoms with van der Waals surface area (Å²) in [5, 5.41) is 4.74. The number of nitrogens with one attached hydrogen (secondary N) is 2. The van der Waals surface area contributed by atoms with Crippen molar-refractivity contribution < 1.29 is 8.42 Å². The molecule has 0 bridgehead atoms. The van der Waals surface area contributed by atoms with Gasteiger partial charge in [-0.25, -0.2) is 13.1 Å². The number of hydrogen-bond acceptors (Lipinski definition) is 5. The summed E-state index contributed by atoms with van der Waals surface area (Å²) in [6.07, 6.45) is 1.06. The molecule has 1 aliphatic rings. The monoisotopic (exact) mass is 331 g/mol. The highest BCUT2D eigenvalue weighted by Gasteiger charge is 2.26. The van der Waals surface area contributed by atoms with E-state index in [0.29, 0.717) is 29.9 Å². The Bertz CT molecular complexity index is 554. The van der Waals surface area contributed by atoms with Crippen molar-refractivity contribution in [1.82, 2.24) is 14.9 Å². The van der Waals surface area contributed by atoms with Gasteiger partial charge in [0.25, 0.3) is 0 Å². The minimum Gasteiger partial charge on any atom is -0.315 e. The average Bonchev–Trinajstić information content (AvgIpc) is 3.06. The molecule has 1 fully saturated rings. The van der Waals surface area contributed by atoms with Crippen molar-refractivity contribution in [3.8, 4) is 0 Å². The van der Waals surface area contributed by atoms with Crippen LogP contribution in [0.4, 0.5) is 0 Å². The standard InChI is InChI=1S/C14H25N3O2S2/c1-11(2)17-5-4-12(9-17)7-16-21(18,19)14-6-13(8-15-3)20-10-14/h6,10-12,15-16H,4-5,7-9H2,1-3H3. The maximum atomic E-state index is 12.3. The topological polar surface area (TPSA) is 61.4 Å². The van der Waals surface area contributed by atoms with Crippen LogP contribution in [0.1, 0.15) is 25.1 Å². The first kappa shape index (κ1) is 16.9. The average molecular weight is 332 g/mol. The van der Waals surface area contributed by atoms with Gasteiger partial charge < -0.3 is 10.2 Å². The highest BCUT2D eigenvalue weighted by atomic mass is 32.2. The molecule has 1 unspecified atom stereocenters. The fourth-order valence-corrected chi connectivity index (χ4v) is 4.98. The van der Waals surface area contributed by atoms with Crippen LogP contribution >= 0.6 is 11.3 Å². The number of sulfonamides is 1. The van der Waals surface area contributed by atoms with Crippen LogP contribution in [0.25, 0.3) is 0 Å². The first-order valence-corrected chi connectivity index (χ1v) is 9.74. The van der Waals surface area contributed by atoms with Crippen LogP contribution in [0.3, 0.4) is 0 Å². The molecule has 2 N–H and O–H groups in total. The van der Waals surface area contributed by atoms with Gasteiger partial charge in [0.2, 0.25) is 10.0 Å². The third kappa shape index (κ3) is 4.50. The third-order valence-electron chi connectivity index (χ3n) is 3.90. The molecule has 21 heavy (non-hydrogen) atoms. The predicted octanol–water partition coefficient (Wildman–Crippen LogP) is 1.48. The van der Waals surface area contributed by atoms with E-state index in [0.717, 1.165) is 24.4 Å². The predicted molar refractivity (Wildman–Crippen MR) is 87.1 cm³/mol. The van der Waals surface area contributed by atoms with E-state index in [1.54, 1.807) is 11.4 Å². The smallest absolute Gasteiger partial charge is 0.241 e. The van der Waals surface area contributed by atoms with Crippen molar-refractivity contribution >= 4 is 21.4 Å².